The summed E-state index contributed by atoms with van der Waals surface area (Å²) in [5.74, 6) is 0.716. The van der Waals surface area contributed by atoms with Crippen molar-refractivity contribution in [1.82, 2.24) is 4.98 Å². The molecule has 1 N–H and O–H groups in total. The molecule has 2 heterocycles. The van der Waals surface area contributed by atoms with E-state index < -0.39 is 0 Å². The quantitative estimate of drug-likeness (QED) is 0.769. The lowest BCUT2D eigenvalue weighted by Crippen LogP contribution is -2.38. The highest BCUT2D eigenvalue weighted by atomic mass is 16.6. The second kappa shape index (κ2) is 3.94. The first-order valence-corrected chi connectivity index (χ1v) is 4.60. The number of aromatic nitrogens is 1. The highest BCUT2D eigenvalue weighted by Gasteiger charge is 2.21. The van der Waals surface area contributed by atoms with Crippen LogP contribution in [0.1, 0.15) is 11.3 Å². The molecule has 0 atom stereocenters. The van der Waals surface area contributed by atoms with Gasteiger partial charge in [-0.05, 0) is 6.92 Å². The van der Waals surface area contributed by atoms with Gasteiger partial charge in [0.05, 0.1) is 19.8 Å². The molecule has 0 unspecified atom stereocenters. The summed E-state index contributed by atoms with van der Waals surface area (Å²) in [6.07, 6.45) is 1.77. The second-order valence-electron chi connectivity index (χ2n) is 3.37. The molecule has 0 bridgehead atoms. The molecule has 4 heteroatoms. The van der Waals surface area contributed by atoms with Gasteiger partial charge in [-0.25, -0.2) is 0 Å². The molecule has 1 aliphatic heterocycles. The Bertz CT molecular complexity index is 323. The number of aliphatic hydroxyl groups is 1. The third kappa shape index (κ3) is 1.86. The van der Waals surface area contributed by atoms with Gasteiger partial charge in [0.2, 0.25) is 0 Å². The zero-order valence-electron chi connectivity index (χ0n) is 8.06. The summed E-state index contributed by atoms with van der Waals surface area (Å²) >= 11 is 0. The number of pyridine rings is 1. The van der Waals surface area contributed by atoms with E-state index in [1.54, 1.807) is 6.20 Å². The standard InChI is InChI=1S/C10H13NO3/c1-7-2-10(8(4-12)3-11-7)14-9-5-13-6-9/h2-3,9,12H,4-6H2,1H3. The molecule has 0 radical (unpaired) electrons. The molecule has 0 aliphatic carbocycles. The Hall–Kier alpha value is -1.13. The van der Waals surface area contributed by atoms with Gasteiger partial charge in [0, 0.05) is 23.5 Å². The van der Waals surface area contributed by atoms with E-state index in [0.29, 0.717) is 19.0 Å². The molecule has 0 spiro atoms. The fourth-order valence-corrected chi connectivity index (χ4v) is 1.25. The Morgan fingerprint density at radius 3 is 3.00 bits per heavy atom. The van der Waals surface area contributed by atoms with Gasteiger partial charge in [0.15, 0.2) is 0 Å². The smallest absolute Gasteiger partial charge is 0.145 e. The van der Waals surface area contributed by atoms with Gasteiger partial charge < -0.3 is 14.6 Å². The Labute approximate surface area is 82.5 Å². The summed E-state index contributed by atoms with van der Waals surface area (Å²) in [7, 11) is 0. The van der Waals surface area contributed by atoms with Crippen molar-refractivity contribution in [2.24, 2.45) is 0 Å². The zero-order valence-corrected chi connectivity index (χ0v) is 8.06. The highest BCUT2D eigenvalue weighted by molar-refractivity contribution is 5.32. The molecule has 1 aromatic heterocycles. The van der Waals surface area contributed by atoms with Gasteiger partial charge in [-0.2, -0.15) is 0 Å². The average Bonchev–Trinajstić information content (AvgIpc) is 2.12. The van der Waals surface area contributed by atoms with Gasteiger partial charge in [-0.3, -0.25) is 4.98 Å². The molecule has 1 aromatic rings. The van der Waals surface area contributed by atoms with Crippen LogP contribution in [-0.2, 0) is 11.3 Å². The third-order valence-electron chi connectivity index (χ3n) is 2.15. The van der Waals surface area contributed by atoms with Gasteiger partial charge in [0.1, 0.15) is 11.9 Å². The van der Waals surface area contributed by atoms with E-state index in [4.69, 9.17) is 14.6 Å². The van der Waals surface area contributed by atoms with Crippen molar-refractivity contribution in [2.45, 2.75) is 19.6 Å². The number of hydrogen-bond donors (Lipinski definition) is 1. The Balaban J connectivity index is 2.15. The summed E-state index contributed by atoms with van der Waals surface area (Å²) in [6, 6.07) is 1.84. The Kier molecular flexibility index (Phi) is 2.65. The van der Waals surface area contributed by atoms with Crippen molar-refractivity contribution in [3.8, 4) is 5.75 Å². The predicted octanol–water partition coefficient (Wildman–Crippen LogP) is 0.660. The minimum atomic E-state index is -0.0454. The van der Waals surface area contributed by atoms with Gasteiger partial charge in [-0.1, -0.05) is 0 Å². The number of nitrogens with zero attached hydrogens (tertiary/aromatic N) is 1. The molecule has 1 aliphatic rings. The molecule has 76 valence electrons. The fraction of sp³-hybridized carbons (Fsp3) is 0.500. The molecule has 0 aromatic carbocycles. The molecule has 2 rings (SSSR count). The maximum atomic E-state index is 9.06. The van der Waals surface area contributed by atoms with Crippen LogP contribution < -0.4 is 4.74 Å². The van der Waals surface area contributed by atoms with Crippen LogP contribution in [0.2, 0.25) is 0 Å². The maximum Gasteiger partial charge on any atom is 0.145 e. The van der Waals surface area contributed by atoms with Gasteiger partial charge in [-0.15, -0.1) is 0 Å². The molecule has 4 nitrogen and oxygen atoms in total. The van der Waals surface area contributed by atoms with E-state index in [1.165, 1.54) is 0 Å². The monoisotopic (exact) mass is 195 g/mol. The van der Waals surface area contributed by atoms with Crippen LogP contribution >= 0.6 is 0 Å². The van der Waals surface area contributed by atoms with Crippen molar-refractivity contribution in [1.29, 1.82) is 0 Å². The molecular weight excluding hydrogens is 182 g/mol. The largest absolute Gasteiger partial charge is 0.485 e. The summed E-state index contributed by atoms with van der Waals surface area (Å²) in [5.41, 5.74) is 1.61. The van der Waals surface area contributed by atoms with Crippen LogP contribution in [0, 0.1) is 6.92 Å². The first kappa shape index (κ1) is 9.43. The van der Waals surface area contributed by atoms with Crippen LogP contribution in [0.5, 0.6) is 5.75 Å². The minimum absolute atomic E-state index is 0.0454. The van der Waals surface area contributed by atoms with E-state index in [1.807, 2.05) is 13.0 Å². The van der Waals surface area contributed by atoms with Gasteiger partial charge >= 0.3 is 0 Å². The molecule has 1 fully saturated rings. The topological polar surface area (TPSA) is 51.6 Å². The van der Waals surface area contributed by atoms with Crippen LogP contribution in [0.3, 0.4) is 0 Å². The lowest BCUT2D eigenvalue weighted by Gasteiger charge is -2.27. The molecular formula is C10H13NO3. The lowest BCUT2D eigenvalue weighted by atomic mass is 10.2. The number of ether oxygens (including phenoxy) is 2. The number of aliphatic hydroxyl groups excluding tert-OH is 1. The van der Waals surface area contributed by atoms with Crippen LogP contribution in [0.15, 0.2) is 12.3 Å². The summed E-state index contributed by atoms with van der Waals surface area (Å²) in [4.78, 5) is 4.09. The third-order valence-corrected chi connectivity index (χ3v) is 2.15. The van der Waals surface area contributed by atoms with Crippen molar-refractivity contribution in [3.05, 3.63) is 23.5 Å². The predicted molar refractivity (Wildman–Crippen MR) is 50.1 cm³/mol. The molecule has 0 saturated carbocycles. The van der Waals surface area contributed by atoms with Crippen molar-refractivity contribution < 1.29 is 14.6 Å². The van der Waals surface area contributed by atoms with E-state index in [0.717, 1.165) is 11.3 Å². The van der Waals surface area contributed by atoms with Crippen LogP contribution in [-0.4, -0.2) is 29.4 Å². The zero-order chi connectivity index (χ0) is 9.97. The van der Waals surface area contributed by atoms with E-state index in [9.17, 15) is 0 Å². The minimum Gasteiger partial charge on any atom is -0.485 e. The second-order valence-corrected chi connectivity index (χ2v) is 3.37. The van der Waals surface area contributed by atoms with Gasteiger partial charge in [0.25, 0.3) is 0 Å². The highest BCUT2D eigenvalue weighted by Crippen LogP contribution is 2.21. The summed E-state index contributed by atoms with van der Waals surface area (Å²) in [5, 5.41) is 9.06. The number of hydrogen-bond acceptors (Lipinski definition) is 4. The van der Waals surface area contributed by atoms with E-state index >= 15 is 0 Å². The van der Waals surface area contributed by atoms with Crippen molar-refractivity contribution in [3.63, 3.8) is 0 Å². The first-order chi connectivity index (χ1) is 6.79. The van der Waals surface area contributed by atoms with E-state index in [2.05, 4.69) is 4.98 Å². The first-order valence-electron chi connectivity index (χ1n) is 4.60. The van der Waals surface area contributed by atoms with Crippen molar-refractivity contribution in [2.75, 3.05) is 13.2 Å². The van der Waals surface area contributed by atoms with E-state index in [-0.39, 0.29) is 12.7 Å². The van der Waals surface area contributed by atoms with Crippen LogP contribution in [0.25, 0.3) is 0 Å². The number of aryl methyl sites for hydroxylation is 1. The average molecular weight is 195 g/mol. The summed E-state index contributed by atoms with van der Waals surface area (Å²) in [6.45, 7) is 3.11. The SMILES string of the molecule is Cc1cc(OC2COC2)c(CO)cn1. The summed E-state index contributed by atoms with van der Waals surface area (Å²) < 4.78 is 10.6. The molecule has 0 amide bonds. The Morgan fingerprint density at radius 2 is 2.43 bits per heavy atom. The maximum absolute atomic E-state index is 9.06. The molecule has 14 heavy (non-hydrogen) atoms. The van der Waals surface area contributed by atoms with Crippen molar-refractivity contribution >= 4 is 0 Å². The Morgan fingerprint density at radius 1 is 1.64 bits per heavy atom. The number of rotatable bonds is 3. The molecule has 1 saturated heterocycles. The normalized spacial score (nSPS) is 16.4. The van der Waals surface area contributed by atoms with Crippen LogP contribution in [0.4, 0.5) is 0 Å². The lowest BCUT2D eigenvalue weighted by molar-refractivity contribution is -0.0802. The fourth-order valence-electron chi connectivity index (χ4n) is 1.25.